The fourth-order valence-corrected chi connectivity index (χ4v) is 2.80. The van der Waals surface area contributed by atoms with Crippen LogP contribution in [0.15, 0.2) is 42.5 Å². The Balaban J connectivity index is 1.46. The van der Waals surface area contributed by atoms with Crippen molar-refractivity contribution >= 4 is 12.0 Å². The monoisotopic (exact) mass is 406 g/mol. The molecule has 0 radical (unpaired) electrons. The van der Waals surface area contributed by atoms with Crippen molar-refractivity contribution < 1.29 is 33.0 Å². The summed E-state index contributed by atoms with van der Waals surface area (Å²) in [5, 5.41) is 12.0. The van der Waals surface area contributed by atoms with Crippen LogP contribution in [0, 0.1) is 11.6 Å². The minimum absolute atomic E-state index is 0.0645. The molecule has 7 nitrogen and oxygen atoms in total. The topological polar surface area (TPSA) is 88.1 Å². The van der Waals surface area contributed by atoms with Gasteiger partial charge in [0.25, 0.3) is 5.91 Å². The van der Waals surface area contributed by atoms with Gasteiger partial charge in [0.15, 0.2) is 11.6 Å². The number of nitrogens with zero attached hydrogens (tertiary/aromatic N) is 1. The molecular weight excluding hydrogens is 386 g/mol. The van der Waals surface area contributed by atoms with Crippen molar-refractivity contribution in [1.82, 2.24) is 10.2 Å². The van der Waals surface area contributed by atoms with E-state index in [1.807, 2.05) is 0 Å². The number of hydrogen-bond acceptors (Lipinski definition) is 5. The van der Waals surface area contributed by atoms with E-state index in [4.69, 9.17) is 9.47 Å². The molecule has 1 atom stereocenters. The first kappa shape index (κ1) is 20.5. The lowest BCUT2D eigenvalue weighted by molar-refractivity contribution is -0.0264. The molecule has 0 bridgehead atoms. The first-order chi connectivity index (χ1) is 13.9. The Morgan fingerprint density at radius 1 is 1.17 bits per heavy atom. The minimum Gasteiger partial charge on any atom is -0.508 e. The van der Waals surface area contributed by atoms with Gasteiger partial charge in [0.2, 0.25) is 0 Å². The molecule has 2 N–H and O–H groups in total. The van der Waals surface area contributed by atoms with E-state index in [0.717, 1.165) is 12.1 Å². The normalized spacial score (nSPS) is 16.3. The van der Waals surface area contributed by atoms with Gasteiger partial charge in [-0.3, -0.25) is 4.79 Å². The molecule has 0 unspecified atom stereocenters. The number of nitrogens with one attached hydrogen (secondary N) is 1. The Labute approximate surface area is 165 Å². The predicted octanol–water partition coefficient (Wildman–Crippen LogP) is 2.44. The number of morpholine rings is 1. The highest BCUT2D eigenvalue weighted by Crippen LogP contribution is 2.13. The van der Waals surface area contributed by atoms with Gasteiger partial charge in [-0.15, -0.1) is 0 Å². The van der Waals surface area contributed by atoms with Crippen molar-refractivity contribution in [3.8, 4) is 5.75 Å². The van der Waals surface area contributed by atoms with Crippen molar-refractivity contribution in [3.63, 3.8) is 0 Å². The number of phenolic OH excluding ortho intramolecular Hbond substituents is 1. The van der Waals surface area contributed by atoms with Gasteiger partial charge in [0.1, 0.15) is 12.4 Å². The third-order valence-corrected chi connectivity index (χ3v) is 4.36. The molecule has 9 heteroatoms. The largest absolute Gasteiger partial charge is 0.508 e. The average Bonchev–Trinajstić information content (AvgIpc) is 2.73. The molecule has 2 aromatic carbocycles. The van der Waals surface area contributed by atoms with Crippen molar-refractivity contribution in [3.05, 3.63) is 65.2 Å². The summed E-state index contributed by atoms with van der Waals surface area (Å²) in [7, 11) is 0. The lowest BCUT2D eigenvalue weighted by Crippen LogP contribution is -2.49. The highest BCUT2D eigenvalue weighted by Gasteiger charge is 2.25. The van der Waals surface area contributed by atoms with Crippen LogP contribution in [0.25, 0.3) is 0 Å². The molecule has 0 aliphatic carbocycles. The summed E-state index contributed by atoms with van der Waals surface area (Å²) in [5.74, 6) is -2.24. The van der Waals surface area contributed by atoms with Crippen LogP contribution >= 0.6 is 0 Å². The lowest BCUT2D eigenvalue weighted by Gasteiger charge is -2.32. The summed E-state index contributed by atoms with van der Waals surface area (Å²) in [4.78, 5) is 25.8. The van der Waals surface area contributed by atoms with Gasteiger partial charge in [0, 0.05) is 18.7 Å². The quantitative estimate of drug-likeness (QED) is 0.796. The number of aromatic hydroxyl groups is 1. The Morgan fingerprint density at radius 2 is 1.93 bits per heavy atom. The molecule has 2 aromatic rings. The number of amides is 2. The molecule has 0 aromatic heterocycles. The smallest absolute Gasteiger partial charge is 0.410 e. The molecule has 0 spiro atoms. The molecule has 3 rings (SSSR count). The fraction of sp³-hybridized carbons (Fsp3) is 0.300. The Morgan fingerprint density at radius 3 is 2.66 bits per heavy atom. The molecule has 1 heterocycles. The number of hydrogen-bond donors (Lipinski definition) is 2. The highest BCUT2D eigenvalue weighted by atomic mass is 19.2. The number of carbonyl (C=O) groups is 2. The zero-order chi connectivity index (χ0) is 20.8. The fourth-order valence-electron chi connectivity index (χ4n) is 2.80. The van der Waals surface area contributed by atoms with Crippen LogP contribution < -0.4 is 5.32 Å². The van der Waals surface area contributed by atoms with Crippen molar-refractivity contribution in [1.29, 1.82) is 0 Å². The van der Waals surface area contributed by atoms with Crippen LogP contribution in [0.4, 0.5) is 13.6 Å². The van der Waals surface area contributed by atoms with E-state index in [0.29, 0.717) is 17.7 Å². The minimum atomic E-state index is -1.01. The zero-order valence-corrected chi connectivity index (χ0v) is 15.4. The first-order valence-electron chi connectivity index (χ1n) is 8.97. The third-order valence-electron chi connectivity index (χ3n) is 4.36. The highest BCUT2D eigenvalue weighted by molar-refractivity contribution is 5.94. The number of phenols is 1. The van der Waals surface area contributed by atoms with Crippen LogP contribution in [-0.2, 0) is 16.1 Å². The van der Waals surface area contributed by atoms with Crippen LogP contribution in [0.5, 0.6) is 5.75 Å². The molecule has 1 aliphatic rings. The molecule has 0 saturated carbocycles. The summed E-state index contributed by atoms with van der Waals surface area (Å²) in [5.41, 5.74) is 0.727. The summed E-state index contributed by atoms with van der Waals surface area (Å²) in [6, 6.07) is 9.10. The standard InChI is InChI=1S/C20H20F2N2O5/c21-17-6-1-13(9-18(17)22)12-29-20(27)24-7-8-28-16(11-24)10-23-19(26)14-2-4-15(25)5-3-14/h1-6,9,16,25H,7-8,10-12H2,(H,23,26)/t16-/m1/s1. The SMILES string of the molecule is O=C(NC[C@@H]1CN(C(=O)OCc2ccc(F)c(F)c2)CCO1)c1ccc(O)cc1. The maximum atomic E-state index is 13.2. The first-order valence-corrected chi connectivity index (χ1v) is 8.97. The summed E-state index contributed by atoms with van der Waals surface area (Å²) >= 11 is 0. The van der Waals surface area contributed by atoms with Gasteiger partial charge in [-0.05, 0) is 42.0 Å². The van der Waals surface area contributed by atoms with Gasteiger partial charge in [-0.2, -0.15) is 0 Å². The second-order valence-electron chi connectivity index (χ2n) is 6.50. The van der Waals surface area contributed by atoms with Crippen LogP contribution in [0.2, 0.25) is 0 Å². The van der Waals surface area contributed by atoms with Crippen molar-refractivity contribution in [2.24, 2.45) is 0 Å². The van der Waals surface area contributed by atoms with Crippen LogP contribution in [-0.4, -0.2) is 54.4 Å². The summed E-state index contributed by atoms with van der Waals surface area (Å²) in [6.07, 6.45) is -1.02. The predicted molar refractivity (Wildman–Crippen MR) is 98.3 cm³/mol. The van der Waals surface area contributed by atoms with Crippen LogP contribution in [0.3, 0.4) is 0 Å². The third kappa shape index (κ3) is 5.64. The number of benzene rings is 2. The van der Waals surface area contributed by atoms with E-state index >= 15 is 0 Å². The second kappa shape index (κ2) is 9.33. The second-order valence-corrected chi connectivity index (χ2v) is 6.50. The average molecular weight is 406 g/mol. The Bertz CT molecular complexity index is 876. The Hall–Kier alpha value is -3.20. The van der Waals surface area contributed by atoms with Crippen LogP contribution in [0.1, 0.15) is 15.9 Å². The van der Waals surface area contributed by atoms with Gasteiger partial charge < -0.3 is 24.8 Å². The molecule has 2 amide bonds. The van der Waals surface area contributed by atoms with Gasteiger partial charge in [-0.25, -0.2) is 13.6 Å². The maximum absolute atomic E-state index is 13.2. The molecule has 1 fully saturated rings. The lowest BCUT2D eigenvalue weighted by atomic mass is 10.2. The van der Waals surface area contributed by atoms with E-state index in [-0.39, 0.29) is 38.0 Å². The van der Waals surface area contributed by atoms with E-state index in [1.165, 1.54) is 35.2 Å². The molecular formula is C20H20F2N2O5. The molecule has 29 heavy (non-hydrogen) atoms. The number of ether oxygens (including phenoxy) is 2. The van der Waals surface area contributed by atoms with E-state index in [2.05, 4.69) is 5.32 Å². The summed E-state index contributed by atoms with van der Waals surface area (Å²) < 4.78 is 36.9. The zero-order valence-electron chi connectivity index (χ0n) is 15.4. The van der Waals surface area contributed by atoms with Gasteiger partial charge in [-0.1, -0.05) is 6.07 Å². The number of carbonyl (C=O) groups excluding carboxylic acids is 2. The Kier molecular flexibility index (Phi) is 6.61. The maximum Gasteiger partial charge on any atom is 0.410 e. The van der Waals surface area contributed by atoms with E-state index in [1.54, 1.807) is 0 Å². The van der Waals surface area contributed by atoms with Gasteiger partial charge >= 0.3 is 6.09 Å². The molecule has 154 valence electrons. The van der Waals surface area contributed by atoms with E-state index < -0.39 is 23.8 Å². The van der Waals surface area contributed by atoms with Crippen molar-refractivity contribution in [2.75, 3.05) is 26.2 Å². The number of rotatable bonds is 5. The number of halogens is 2. The van der Waals surface area contributed by atoms with E-state index in [9.17, 15) is 23.5 Å². The summed E-state index contributed by atoms with van der Waals surface area (Å²) in [6.45, 7) is 0.813. The van der Waals surface area contributed by atoms with Crippen molar-refractivity contribution in [2.45, 2.75) is 12.7 Å². The molecule has 1 aliphatic heterocycles. The van der Waals surface area contributed by atoms with Gasteiger partial charge in [0.05, 0.1) is 19.3 Å². The molecule has 1 saturated heterocycles.